The molecule has 0 spiro atoms. The number of piperidine rings is 1. The molecule has 1 aromatic heterocycles. The molecule has 1 saturated heterocycles. The summed E-state index contributed by atoms with van der Waals surface area (Å²) in [6.07, 6.45) is 2.08. The van der Waals surface area contributed by atoms with Crippen molar-refractivity contribution in [3.8, 4) is 11.6 Å². The Morgan fingerprint density at radius 2 is 1.92 bits per heavy atom. The zero-order valence-electron chi connectivity index (χ0n) is 14.5. The van der Waals surface area contributed by atoms with Gasteiger partial charge in [0.25, 0.3) is 11.8 Å². The Labute approximate surface area is 156 Å². The summed E-state index contributed by atoms with van der Waals surface area (Å²) in [5, 5.41) is 4.65. The number of ether oxygens (including phenoxy) is 1. The highest BCUT2D eigenvalue weighted by Crippen LogP contribution is 2.26. The number of benzene rings is 1. The Kier molecular flexibility index (Phi) is 5.46. The van der Waals surface area contributed by atoms with E-state index in [0.29, 0.717) is 31.0 Å². The first-order chi connectivity index (χ1) is 12.5. The number of hydrogen-bond donors (Lipinski definition) is 1. The minimum Gasteiger partial charge on any atom is -0.462 e. The Balaban J connectivity index is 1.63. The van der Waals surface area contributed by atoms with Crippen LogP contribution in [0.25, 0.3) is 5.69 Å². The van der Waals surface area contributed by atoms with Crippen LogP contribution in [0.15, 0.2) is 36.5 Å². The highest BCUT2D eigenvalue weighted by atomic mass is 35.5. The van der Waals surface area contributed by atoms with Gasteiger partial charge in [-0.05, 0) is 31.9 Å². The molecule has 3 rings (SSSR count). The molecule has 2 amide bonds. The van der Waals surface area contributed by atoms with Gasteiger partial charge in [0, 0.05) is 19.0 Å². The summed E-state index contributed by atoms with van der Waals surface area (Å²) in [5.74, 6) is -0.410. The Bertz CT molecular complexity index is 785. The van der Waals surface area contributed by atoms with Crippen LogP contribution in [0.5, 0.6) is 5.88 Å². The monoisotopic (exact) mass is 376 g/mol. The van der Waals surface area contributed by atoms with Crippen LogP contribution in [0, 0.1) is 5.92 Å². The maximum Gasteiger partial charge on any atom is 0.263 e. The second-order valence-corrected chi connectivity index (χ2v) is 6.73. The molecule has 1 atom stereocenters. The van der Waals surface area contributed by atoms with E-state index in [4.69, 9.17) is 22.1 Å². The van der Waals surface area contributed by atoms with Crippen molar-refractivity contribution in [3.63, 3.8) is 0 Å². The van der Waals surface area contributed by atoms with Crippen LogP contribution in [-0.4, -0.2) is 45.7 Å². The molecule has 0 unspecified atom stereocenters. The second kappa shape index (κ2) is 7.78. The normalized spacial score (nSPS) is 16.3. The summed E-state index contributed by atoms with van der Waals surface area (Å²) >= 11 is 6.20. The SMILES string of the molecule is C[C@H](Oc1nn(-c2ccccc2)cc1Cl)C(=O)N1CCC(C(N)=O)CC1. The van der Waals surface area contributed by atoms with Gasteiger partial charge in [0.15, 0.2) is 6.10 Å². The van der Waals surface area contributed by atoms with Crippen LogP contribution in [0.1, 0.15) is 19.8 Å². The van der Waals surface area contributed by atoms with Gasteiger partial charge in [-0.25, -0.2) is 4.68 Å². The number of carbonyl (C=O) groups is 2. The van der Waals surface area contributed by atoms with E-state index >= 15 is 0 Å². The summed E-state index contributed by atoms with van der Waals surface area (Å²) in [4.78, 5) is 25.5. The van der Waals surface area contributed by atoms with E-state index in [9.17, 15) is 9.59 Å². The van der Waals surface area contributed by atoms with Crippen LogP contribution in [-0.2, 0) is 9.59 Å². The smallest absolute Gasteiger partial charge is 0.263 e. The highest BCUT2D eigenvalue weighted by Gasteiger charge is 2.29. The van der Waals surface area contributed by atoms with Gasteiger partial charge in [-0.1, -0.05) is 29.8 Å². The highest BCUT2D eigenvalue weighted by molar-refractivity contribution is 6.31. The van der Waals surface area contributed by atoms with Crippen LogP contribution < -0.4 is 10.5 Å². The minimum atomic E-state index is -0.725. The Morgan fingerprint density at radius 3 is 2.54 bits per heavy atom. The van der Waals surface area contributed by atoms with E-state index in [1.54, 1.807) is 22.7 Å². The second-order valence-electron chi connectivity index (χ2n) is 6.32. The van der Waals surface area contributed by atoms with E-state index in [1.165, 1.54) is 0 Å². The predicted octanol–water partition coefficient (Wildman–Crippen LogP) is 2.02. The number of likely N-dealkylation sites (tertiary alicyclic amines) is 1. The maximum absolute atomic E-state index is 12.6. The molecule has 7 nitrogen and oxygen atoms in total. The first kappa shape index (κ1) is 18.3. The van der Waals surface area contributed by atoms with Gasteiger partial charge in [0.05, 0.1) is 11.9 Å². The van der Waals surface area contributed by atoms with Crippen LogP contribution in [0.4, 0.5) is 0 Å². The summed E-state index contributed by atoms with van der Waals surface area (Å²) in [6.45, 7) is 2.65. The topological polar surface area (TPSA) is 90.5 Å². The molecule has 138 valence electrons. The largest absolute Gasteiger partial charge is 0.462 e. The molecule has 1 aliphatic rings. The van der Waals surface area contributed by atoms with Crippen LogP contribution in [0.3, 0.4) is 0 Å². The lowest BCUT2D eigenvalue weighted by molar-refractivity contribution is -0.140. The predicted molar refractivity (Wildman–Crippen MR) is 97.2 cm³/mol. The fraction of sp³-hybridized carbons (Fsp3) is 0.389. The number of hydrogen-bond acceptors (Lipinski definition) is 4. The van der Waals surface area contributed by atoms with Crippen LogP contribution >= 0.6 is 11.6 Å². The van der Waals surface area contributed by atoms with Gasteiger partial charge < -0.3 is 15.4 Å². The lowest BCUT2D eigenvalue weighted by Crippen LogP contribution is -2.46. The number of aromatic nitrogens is 2. The first-order valence-corrected chi connectivity index (χ1v) is 8.89. The van der Waals surface area contributed by atoms with Gasteiger partial charge in [0.2, 0.25) is 5.91 Å². The van der Waals surface area contributed by atoms with Gasteiger partial charge in [0.1, 0.15) is 5.02 Å². The number of halogens is 1. The maximum atomic E-state index is 12.6. The summed E-state index contributed by atoms with van der Waals surface area (Å²) in [6, 6.07) is 9.49. The number of nitrogens with zero attached hydrogens (tertiary/aromatic N) is 3. The number of amides is 2. The van der Waals surface area contributed by atoms with E-state index in [0.717, 1.165) is 5.69 Å². The van der Waals surface area contributed by atoms with E-state index in [1.807, 2.05) is 30.3 Å². The zero-order chi connectivity index (χ0) is 18.7. The van der Waals surface area contributed by atoms with Crippen molar-refractivity contribution in [1.82, 2.24) is 14.7 Å². The van der Waals surface area contributed by atoms with Gasteiger partial charge in [-0.2, -0.15) is 0 Å². The molecule has 8 heteroatoms. The number of nitrogens with two attached hydrogens (primary N) is 1. The van der Waals surface area contributed by atoms with E-state index < -0.39 is 6.10 Å². The fourth-order valence-electron chi connectivity index (χ4n) is 2.99. The molecule has 0 aliphatic carbocycles. The molecule has 0 bridgehead atoms. The molecule has 1 aliphatic heterocycles. The molecule has 0 saturated carbocycles. The van der Waals surface area contributed by atoms with Crippen molar-refractivity contribution in [2.45, 2.75) is 25.9 Å². The Hall–Kier alpha value is -2.54. The van der Waals surface area contributed by atoms with E-state index in [-0.39, 0.29) is 23.6 Å². The molecular formula is C18H21ClN4O3. The fourth-order valence-corrected chi connectivity index (χ4v) is 3.16. The van der Waals surface area contributed by atoms with Gasteiger partial charge >= 0.3 is 0 Å². The molecule has 2 N–H and O–H groups in total. The number of carbonyl (C=O) groups excluding carboxylic acids is 2. The van der Waals surface area contributed by atoms with Crippen molar-refractivity contribution in [2.24, 2.45) is 11.7 Å². The van der Waals surface area contributed by atoms with Crippen molar-refractivity contribution < 1.29 is 14.3 Å². The molecule has 2 heterocycles. The van der Waals surface area contributed by atoms with Crippen molar-refractivity contribution >= 4 is 23.4 Å². The average molecular weight is 377 g/mol. The zero-order valence-corrected chi connectivity index (χ0v) is 15.2. The molecule has 26 heavy (non-hydrogen) atoms. The minimum absolute atomic E-state index is 0.154. The third kappa shape index (κ3) is 3.99. The summed E-state index contributed by atoms with van der Waals surface area (Å²) in [5.41, 5.74) is 6.17. The molecule has 0 radical (unpaired) electrons. The lowest BCUT2D eigenvalue weighted by Gasteiger charge is -2.32. The average Bonchev–Trinajstić information content (AvgIpc) is 3.02. The van der Waals surface area contributed by atoms with Gasteiger partial charge in [-0.3, -0.25) is 9.59 Å². The molecular weight excluding hydrogens is 356 g/mol. The van der Waals surface area contributed by atoms with Crippen molar-refractivity contribution in [1.29, 1.82) is 0 Å². The molecule has 2 aromatic rings. The quantitative estimate of drug-likeness (QED) is 0.864. The van der Waals surface area contributed by atoms with Crippen molar-refractivity contribution in [2.75, 3.05) is 13.1 Å². The van der Waals surface area contributed by atoms with E-state index in [2.05, 4.69) is 5.10 Å². The Morgan fingerprint density at radius 1 is 1.27 bits per heavy atom. The van der Waals surface area contributed by atoms with Crippen molar-refractivity contribution in [3.05, 3.63) is 41.6 Å². The standard InChI is InChI=1S/C18H21ClN4O3/c1-12(18(25)22-9-7-13(8-10-22)16(20)24)26-17-15(19)11-23(21-17)14-5-3-2-4-6-14/h2-6,11-13H,7-10H2,1H3,(H2,20,24)/t12-/m0/s1. The number of para-hydroxylation sites is 1. The lowest BCUT2D eigenvalue weighted by atomic mass is 9.96. The number of primary amides is 1. The third-order valence-corrected chi connectivity index (χ3v) is 4.76. The molecule has 1 fully saturated rings. The first-order valence-electron chi connectivity index (χ1n) is 8.51. The number of rotatable bonds is 5. The summed E-state index contributed by atoms with van der Waals surface area (Å²) < 4.78 is 7.29. The summed E-state index contributed by atoms with van der Waals surface area (Å²) in [7, 11) is 0. The van der Waals surface area contributed by atoms with Gasteiger partial charge in [-0.15, -0.1) is 5.10 Å². The third-order valence-electron chi connectivity index (χ3n) is 4.50. The van der Waals surface area contributed by atoms with Crippen LogP contribution in [0.2, 0.25) is 5.02 Å². The molecule has 1 aromatic carbocycles.